The van der Waals surface area contributed by atoms with Crippen LogP contribution in [0.2, 0.25) is 0 Å². The maximum absolute atomic E-state index is 5.86. The molecule has 1 aliphatic heterocycles. The summed E-state index contributed by atoms with van der Waals surface area (Å²) in [4.78, 5) is 0. The van der Waals surface area contributed by atoms with E-state index in [0.29, 0.717) is 5.66 Å². The molecule has 1 fully saturated rings. The van der Waals surface area contributed by atoms with Crippen LogP contribution < -0.4 is 5.66 Å². The van der Waals surface area contributed by atoms with E-state index in [1.165, 1.54) is 0 Å². The maximum Gasteiger partial charge on any atom is 0.532 e. The smallest absolute Gasteiger partial charge is 0.465 e. The highest BCUT2D eigenvalue weighted by molar-refractivity contribution is 6.60. The summed E-state index contributed by atoms with van der Waals surface area (Å²) in [5.74, 6) is 0.727. The Bertz CT molecular complexity index is 390. The fourth-order valence-corrected chi connectivity index (χ4v) is 1.56. The third-order valence-electron chi connectivity index (χ3n) is 3.33. The van der Waals surface area contributed by atoms with Gasteiger partial charge in [0, 0.05) is 0 Å². The lowest BCUT2D eigenvalue weighted by atomic mass is 9.86. The summed E-state index contributed by atoms with van der Waals surface area (Å²) in [5, 5.41) is 0. The van der Waals surface area contributed by atoms with Gasteiger partial charge in [-0.2, -0.15) is 0 Å². The maximum atomic E-state index is 5.86. The fraction of sp³-hybridized carbons (Fsp3) is 0.500. The van der Waals surface area contributed by atoms with E-state index in [4.69, 9.17) is 13.7 Å². The molecule has 0 radical (unpaired) electrons. The summed E-state index contributed by atoms with van der Waals surface area (Å²) in [7, 11) is -0.432. The van der Waals surface area contributed by atoms with E-state index >= 15 is 0 Å². The van der Waals surface area contributed by atoms with Crippen molar-refractivity contribution < 1.29 is 13.7 Å². The van der Waals surface area contributed by atoms with Gasteiger partial charge in [0.15, 0.2) is 0 Å². The number of rotatable bonds is 2. The molecule has 0 N–H and O–H groups in total. The first-order chi connectivity index (χ1) is 7.36. The van der Waals surface area contributed by atoms with Crippen molar-refractivity contribution in [3.05, 3.63) is 24.5 Å². The van der Waals surface area contributed by atoms with Crippen LogP contribution in [0.15, 0.2) is 23.1 Å². The molecule has 0 aromatic carbocycles. The minimum atomic E-state index is -0.432. The van der Waals surface area contributed by atoms with Crippen LogP contribution in [0, 0.1) is 0 Å². The lowest BCUT2D eigenvalue weighted by Crippen LogP contribution is -2.41. The number of hydrogen-bond donors (Lipinski definition) is 0. The monoisotopic (exact) mass is 220 g/mol. The molecule has 16 heavy (non-hydrogen) atoms. The average molecular weight is 220 g/mol. The summed E-state index contributed by atoms with van der Waals surface area (Å²) in [6.45, 7) is 11.7. The van der Waals surface area contributed by atoms with Crippen LogP contribution in [-0.2, 0) is 9.31 Å². The van der Waals surface area contributed by atoms with Crippen molar-refractivity contribution in [2.75, 3.05) is 0 Å². The Morgan fingerprint density at radius 1 is 1.12 bits per heavy atom. The zero-order valence-corrected chi connectivity index (χ0v) is 10.2. The Morgan fingerprint density at radius 2 is 1.69 bits per heavy atom. The van der Waals surface area contributed by atoms with Gasteiger partial charge >= 0.3 is 7.12 Å². The van der Waals surface area contributed by atoms with Gasteiger partial charge < -0.3 is 13.7 Å². The van der Waals surface area contributed by atoms with E-state index < -0.39 is 7.12 Å². The minimum absolute atomic E-state index is 0.335. The average Bonchev–Trinajstić information content (AvgIpc) is 2.70. The van der Waals surface area contributed by atoms with E-state index in [0.717, 1.165) is 5.76 Å². The van der Waals surface area contributed by atoms with Gasteiger partial charge in [0.25, 0.3) is 0 Å². The zero-order valence-electron chi connectivity index (χ0n) is 10.2. The number of hydrogen-bond acceptors (Lipinski definition) is 3. The molecule has 0 amide bonds. The molecule has 2 heterocycles. The molecule has 0 unspecified atom stereocenters. The molecule has 3 nitrogen and oxygen atoms in total. The molecule has 0 atom stereocenters. The largest absolute Gasteiger partial charge is 0.532 e. The second kappa shape index (κ2) is 3.50. The third-order valence-corrected chi connectivity index (χ3v) is 3.33. The summed E-state index contributed by atoms with van der Waals surface area (Å²) in [6, 6.07) is 3.71. The quantitative estimate of drug-likeness (QED) is 0.716. The predicted molar refractivity (Wildman–Crippen MR) is 64.5 cm³/mol. The van der Waals surface area contributed by atoms with Crippen molar-refractivity contribution in [3.63, 3.8) is 0 Å². The van der Waals surface area contributed by atoms with Crippen molar-refractivity contribution in [1.82, 2.24) is 0 Å². The Hall–Kier alpha value is -0.995. The van der Waals surface area contributed by atoms with Crippen molar-refractivity contribution in [2.45, 2.75) is 38.9 Å². The van der Waals surface area contributed by atoms with Crippen LogP contribution in [0.25, 0.3) is 6.08 Å². The van der Waals surface area contributed by atoms with E-state index in [9.17, 15) is 0 Å². The lowest BCUT2D eigenvalue weighted by molar-refractivity contribution is 0.00578. The molecule has 0 spiro atoms. The topological polar surface area (TPSA) is 31.6 Å². The number of furan rings is 1. The van der Waals surface area contributed by atoms with Crippen LogP contribution in [-0.4, -0.2) is 18.3 Å². The molecule has 86 valence electrons. The molecule has 4 heteroatoms. The highest BCUT2D eigenvalue weighted by Crippen LogP contribution is 2.36. The van der Waals surface area contributed by atoms with Crippen LogP contribution in [0.1, 0.15) is 33.5 Å². The Kier molecular flexibility index (Phi) is 2.52. The van der Waals surface area contributed by atoms with Gasteiger partial charge in [-0.1, -0.05) is 6.58 Å². The van der Waals surface area contributed by atoms with E-state index in [2.05, 4.69) is 6.58 Å². The van der Waals surface area contributed by atoms with Crippen LogP contribution >= 0.6 is 0 Å². The second-order valence-corrected chi connectivity index (χ2v) is 5.03. The van der Waals surface area contributed by atoms with Gasteiger partial charge in [-0.15, -0.1) is 0 Å². The first-order valence-electron chi connectivity index (χ1n) is 5.43. The normalized spacial score (nSPS) is 22.4. The van der Waals surface area contributed by atoms with Crippen molar-refractivity contribution >= 4 is 18.9 Å². The van der Waals surface area contributed by atoms with E-state index in [1.807, 2.05) is 39.8 Å². The van der Waals surface area contributed by atoms with Crippen LogP contribution in [0.4, 0.5) is 0 Å². The van der Waals surface area contributed by atoms with Gasteiger partial charge in [0.2, 0.25) is 0 Å². The molecule has 0 aliphatic carbocycles. The van der Waals surface area contributed by atoms with Gasteiger partial charge in [-0.3, -0.25) is 0 Å². The Morgan fingerprint density at radius 3 is 2.12 bits per heavy atom. The Labute approximate surface area is 96.6 Å². The van der Waals surface area contributed by atoms with Crippen LogP contribution in [0.3, 0.4) is 0 Å². The van der Waals surface area contributed by atoms with E-state index in [-0.39, 0.29) is 11.2 Å². The summed E-state index contributed by atoms with van der Waals surface area (Å²) < 4.78 is 17.3. The van der Waals surface area contributed by atoms with Gasteiger partial charge in [0.05, 0.1) is 11.2 Å². The van der Waals surface area contributed by atoms with E-state index in [1.54, 1.807) is 6.08 Å². The fourth-order valence-electron chi connectivity index (χ4n) is 1.56. The SMILES string of the molecule is C=Cc1ccc(B2OC(C)(C)C(C)(C)O2)o1. The van der Waals surface area contributed by atoms with Crippen molar-refractivity contribution in [2.24, 2.45) is 0 Å². The van der Waals surface area contributed by atoms with Gasteiger partial charge in [0.1, 0.15) is 11.4 Å². The first-order valence-corrected chi connectivity index (χ1v) is 5.43. The van der Waals surface area contributed by atoms with Crippen LogP contribution in [0.5, 0.6) is 0 Å². The molecular weight excluding hydrogens is 203 g/mol. The molecule has 1 aromatic rings. The third kappa shape index (κ3) is 1.72. The van der Waals surface area contributed by atoms with Crippen molar-refractivity contribution in [1.29, 1.82) is 0 Å². The summed E-state index contributed by atoms with van der Waals surface area (Å²) in [5.41, 5.74) is 0.0194. The second-order valence-electron chi connectivity index (χ2n) is 5.03. The highest BCUT2D eigenvalue weighted by Gasteiger charge is 2.53. The molecule has 0 bridgehead atoms. The Balaban J connectivity index is 2.23. The molecular formula is C12H17BO3. The van der Waals surface area contributed by atoms with Gasteiger partial charge in [-0.05, 0) is 45.9 Å². The predicted octanol–water partition coefficient (Wildman–Crippen LogP) is 2.22. The van der Waals surface area contributed by atoms with Crippen molar-refractivity contribution in [3.8, 4) is 0 Å². The highest BCUT2D eigenvalue weighted by atomic mass is 16.7. The molecule has 2 rings (SSSR count). The van der Waals surface area contributed by atoms with Gasteiger partial charge in [-0.25, -0.2) is 0 Å². The molecule has 1 aromatic heterocycles. The first kappa shape index (κ1) is 11.5. The minimum Gasteiger partial charge on any atom is -0.465 e. The summed E-state index contributed by atoms with van der Waals surface area (Å²) in [6.07, 6.45) is 1.66. The molecule has 1 saturated heterocycles. The lowest BCUT2D eigenvalue weighted by Gasteiger charge is -2.32. The zero-order chi connectivity index (χ0) is 12.0. The summed E-state index contributed by atoms with van der Waals surface area (Å²) >= 11 is 0. The molecule has 1 aliphatic rings. The molecule has 0 saturated carbocycles. The standard InChI is InChI=1S/C12H17BO3/c1-6-9-7-8-10(14-9)13-15-11(2,3)12(4,5)16-13/h6-8H,1H2,2-5H3.